The first-order valence-electron chi connectivity index (χ1n) is 11.8. The fourth-order valence-corrected chi connectivity index (χ4v) is 4.53. The van der Waals surface area contributed by atoms with Crippen LogP contribution in [0.3, 0.4) is 0 Å². The normalized spacial score (nSPS) is 14.1. The fraction of sp³-hybridized carbons (Fsp3) is 0.207. The van der Waals surface area contributed by atoms with Crippen molar-refractivity contribution in [3.63, 3.8) is 0 Å². The van der Waals surface area contributed by atoms with Crippen molar-refractivity contribution in [3.05, 3.63) is 101 Å². The van der Waals surface area contributed by atoms with Crippen molar-refractivity contribution in [3.8, 4) is 5.75 Å². The number of aromatic nitrogens is 1. The number of ether oxygens (including phenoxy) is 2. The number of pyridine rings is 1. The molecule has 36 heavy (non-hydrogen) atoms. The molecular weight excluding hydrogens is 454 g/mol. The number of para-hydroxylation sites is 1. The summed E-state index contributed by atoms with van der Waals surface area (Å²) in [5, 5.41) is 3.58. The maximum Gasteiger partial charge on any atom is 0.340 e. The summed E-state index contributed by atoms with van der Waals surface area (Å²) in [6.45, 7) is 1.45. The lowest BCUT2D eigenvalue weighted by molar-refractivity contribution is -0.125. The van der Waals surface area contributed by atoms with Gasteiger partial charge >= 0.3 is 5.97 Å². The van der Waals surface area contributed by atoms with Gasteiger partial charge in [0.05, 0.1) is 18.2 Å². The fourth-order valence-electron chi connectivity index (χ4n) is 4.53. The number of rotatable bonds is 6. The molecule has 0 bridgehead atoms. The molecule has 0 spiro atoms. The first kappa shape index (κ1) is 23.5. The third kappa shape index (κ3) is 4.78. The van der Waals surface area contributed by atoms with Crippen LogP contribution in [0.4, 0.5) is 5.69 Å². The number of hydrogen-bond donors (Lipinski definition) is 1. The van der Waals surface area contributed by atoms with Gasteiger partial charge < -0.3 is 19.7 Å². The van der Waals surface area contributed by atoms with Crippen LogP contribution in [0.25, 0.3) is 10.9 Å². The minimum atomic E-state index is -1.14. The van der Waals surface area contributed by atoms with Crippen LogP contribution in [-0.2, 0) is 22.5 Å². The zero-order chi connectivity index (χ0) is 25.1. The average molecular weight is 482 g/mol. The SMILES string of the molecule is COc1cccc(NC(=O)C(OC(=O)c2c3c(nc4ccccc24)CCN(C)C3)c2ccccc2)c1. The quantitative estimate of drug-likeness (QED) is 0.400. The lowest BCUT2D eigenvalue weighted by Gasteiger charge is -2.27. The molecule has 1 aliphatic rings. The number of carbonyl (C=O) groups is 2. The average Bonchev–Trinajstić information content (AvgIpc) is 2.90. The summed E-state index contributed by atoms with van der Waals surface area (Å²) in [5.74, 6) is -0.387. The van der Waals surface area contributed by atoms with E-state index in [0.29, 0.717) is 29.1 Å². The maximum atomic E-state index is 13.8. The molecule has 1 aliphatic heterocycles. The van der Waals surface area contributed by atoms with E-state index in [0.717, 1.165) is 35.1 Å². The molecule has 0 saturated heterocycles. The monoisotopic (exact) mass is 481 g/mol. The van der Waals surface area contributed by atoms with E-state index in [-0.39, 0.29) is 0 Å². The maximum absolute atomic E-state index is 13.8. The number of benzene rings is 3. The van der Waals surface area contributed by atoms with Gasteiger partial charge in [-0.15, -0.1) is 0 Å². The van der Waals surface area contributed by atoms with Crippen molar-refractivity contribution < 1.29 is 19.1 Å². The Kier molecular flexibility index (Phi) is 6.64. The van der Waals surface area contributed by atoms with Gasteiger partial charge in [-0.2, -0.15) is 0 Å². The molecule has 0 radical (unpaired) electrons. The Balaban J connectivity index is 1.52. The van der Waals surface area contributed by atoms with Crippen LogP contribution >= 0.6 is 0 Å². The van der Waals surface area contributed by atoms with Gasteiger partial charge in [-0.3, -0.25) is 9.78 Å². The zero-order valence-corrected chi connectivity index (χ0v) is 20.2. The molecule has 1 atom stereocenters. The van der Waals surface area contributed by atoms with Gasteiger partial charge in [-0.05, 0) is 25.2 Å². The van der Waals surface area contributed by atoms with Gasteiger partial charge in [0, 0.05) is 53.5 Å². The van der Waals surface area contributed by atoms with E-state index in [9.17, 15) is 9.59 Å². The van der Waals surface area contributed by atoms with E-state index in [1.165, 1.54) is 0 Å². The Hall–Kier alpha value is -4.23. The van der Waals surface area contributed by atoms with Crippen molar-refractivity contribution in [2.45, 2.75) is 19.1 Å². The predicted octanol–water partition coefficient (Wildman–Crippen LogP) is 4.77. The summed E-state index contributed by atoms with van der Waals surface area (Å²) in [6.07, 6.45) is -0.399. The predicted molar refractivity (Wildman–Crippen MR) is 138 cm³/mol. The molecule has 5 rings (SSSR count). The molecular formula is C29H27N3O4. The van der Waals surface area contributed by atoms with Crippen molar-refractivity contribution in [2.75, 3.05) is 26.0 Å². The lowest BCUT2D eigenvalue weighted by atomic mass is 9.96. The number of methoxy groups -OCH3 is 1. The standard InChI is InChI=1S/C29H27N3O4/c1-32-16-15-25-23(18-32)26(22-13-6-7-14-24(22)31-25)29(34)36-27(19-9-4-3-5-10-19)28(33)30-20-11-8-12-21(17-20)35-2/h3-14,17,27H,15-16,18H2,1-2H3,(H,30,33). The third-order valence-electron chi connectivity index (χ3n) is 6.34. The van der Waals surface area contributed by atoms with Gasteiger partial charge in [0.25, 0.3) is 5.91 Å². The number of hydrogen-bond acceptors (Lipinski definition) is 6. The highest BCUT2D eigenvalue weighted by Gasteiger charge is 2.30. The van der Waals surface area contributed by atoms with E-state index < -0.39 is 18.0 Å². The highest BCUT2D eigenvalue weighted by molar-refractivity contribution is 6.06. The minimum Gasteiger partial charge on any atom is -0.497 e. The Morgan fingerprint density at radius 1 is 1.00 bits per heavy atom. The highest BCUT2D eigenvalue weighted by atomic mass is 16.5. The summed E-state index contributed by atoms with van der Waals surface area (Å²) < 4.78 is 11.3. The van der Waals surface area contributed by atoms with E-state index in [1.807, 2.05) is 49.5 Å². The molecule has 1 amide bonds. The van der Waals surface area contributed by atoms with Crippen LogP contribution in [0.1, 0.15) is 33.3 Å². The second-order valence-electron chi connectivity index (χ2n) is 8.83. The topological polar surface area (TPSA) is 80.8 Å². The van der Waals surface area contributed by atoms with Gasteiger partial charge in [0.1, 0.15) is 5.75 Å². The molecule has 4 aromatic rings. The summed E-state index contributed by atoms with van der Waals surface area (Å²) in [6, 6.07) is 23.6. The summed E-state index contributed by atoms with van der Waals surface area (Å²) in [4.78, 5) is 34.2. The molecule has 3 aromatic carbocycles. The number of anilines is 1. The molecule has 7 heteroatoms. The Morgan fingerprint density at radius 3 is 2.58 bits per heavy atom. The number of carbonyl (C=O) groups excluding carboxylic acids is 2. The Bertz CT molecular complexity index is 1420. The lowest BCUT2D eigenvalue weighted by Crippen LogP contribution is -2.31. The smallest absolute Gasteiger partial charge is 0.340 e. The zero-order valence-electron chi connectivity index (χ0n) is 20.2. The molecule has 0 aliphatic carbocycles. The minimum absolute atomic E-state index is 0.452. The Morgan fingerprint density at radius 2 is 1.78 bits per heavy atom. The molecule has 0 fully saturated rings. The van der Waals surface area contributed by atoms with E-state index in [2.05, 4.69) is 10.2 Å². The van der Waals surface area contributed by atoms with Crippen LogP contribution in [0, 0.1) is 0 Å². The van der Waals surface area contributed by atoms with Crippen LogP contribution in [0.5, 0.6) is 5.75 Å². The highest BCUT2D eigenvalue weighted by Crippen LogP contribution is 2.31. The second kappa shape index (κ2) is 10.2. The molecule has 1 aromatic heterocycles. The van der Waals surface area contributed by atoms with Crippen molar-refractivity contribution in [1.29, 1.82) is 0 Å². The summed E-state index contributed by atoms with van der Waals surface area (Å²) >= 11 is 0. The largest absolute Gasteiger partial charge is 0.497 e. The number of nitrogens with one attached hydrogen (secondary N) is 1. The molecule has 1 N–H and O–H groups in total. The van der Waals surface area contributed by atoms with Crippen molar-refractivity contribution >= 4 is 28.5 Å². The molecule has 182 valence electrons. The molecule has 7 nitrogen and oxygen atoms in total. The van der Waals surface area contributed by atoms with Crippen LogP contribution in [0.15, 0.2) is 78.9 Å². The van der Waals surface area contributed by atoms with Gasteiger partial charge in [0.2, 0.25) is 6.10 Å². The number of amides is 1. The van der Waals surface area contributed by atoms with Crippen LogP contribution < -0.4 is 10.1 Å². The number of nitrogens with zero attached hydrogens (tertiary/aromatic N) is 2. The number of likely N-dealkylation sites (N-methyl/N-ethyl adjacent to an activating group) is 1. The van der Waals surface area contributed by atoms with Gasteiger partial charge in [-0.1, -0.05) is 54.6 Å². The van der Waals surface area contributed by atoms with E-state index in [1.54, 1.807) is 43.5 Å². The van der Waals surface area contributed by atoms with Gasteiger partial charge in [0.15, 0.2) is 0 Å². The van der Waals surface area contributed by atoms with E-state index in [4.69, 9.17) is 14.5 Å². The molecule has 2 heterocycles. The first-order valence-corrected chi connectivity index (χ1v) is 11.8. The third-order valence-corrected chi connectivity index (χ3v) is 6.34. The van der Waals surface area contributed by atoms with E-state index >= 15 is 0 Å². The van der Waals surface area contributed by atoms with Crippen LogP contribution in [-0.4, -0.2) is 42.5 Å². The van der Waals surface area contributed by atoms with Gasteiger partial charge in [-0.25, -0.2) is 4.79 Å². The molecule has 1 unspecified atom stereocenters. The van der Waals surface area contributed by atoms with Crippen molar-refractivity contribution in [1.82, 2.24) is 9.88 Å². The number of esters is 1. The molecule has 0 saturated carbocycles. The Labute approximate surface area is 209 Å². The summed E-state index contributed by atoms with van der Waals surface area (Å²) in [5.41, 5.74) is 4.09. The van der Waals surface area contributed by atoms with Crippen molar-refractivity contribution in [2.24, 2.45) is 0 Å². The summed E-state index contributed by atoms with van der Waals surface area (Å²) in [7, 11) is 3.58. The second-order valence-corrected chi connectivity index (χ2v) is 8.83. The number of fused-ring (bicyclic) bond motifs is 2. The first-order chi connectivity index (χ1) is 17.5. The van der Waals surface area contributed by atoms with Crippen LogP contribution in [0.2, 0.25) is 0 Å².